The maximum absolute atomic E-state index is 12.7. The van der Waals surface area contributed by atoms with Gasteiger partial charge >= 0.3 is 0 Å². The van der Waals surface area contributed by atoms with Gasteiger partial charge in [0.25, 0.3) is 11.8 Å². The van der Waals surface area contributed by atoms with Gasteiger partial charge in [0.05, 0.1) is 11.1 Å². The standard InChI is InChI=1S/C20H23N3O4/c24-17(13-23-19(26)15-7-1-2-8-16(15)20(23)27)21-9-4-10-22(12-11-21)18(25)14-5-3-6-14/h1-2,7-8,14H,3-6,9-13H2. The van der Waals surface area contributed by atoms with Crippen LogP contribution in [0.5, 0.6) is 0 Å². The van der Waals surface area contributed by atoms with E-state index in [1.807, 2.05) is 4.90 Å². The third kappa shape index (κ3) is 3.22. The molecule has 1 aliphatic carbocycles. The Balaban J connectivity index is 1.37. The van der Waals surface area contributed by atoms with Crippen molar-refractivity contribution in [2.24, 2.45) is 5.92 Å². The van der Waals surface area contributed by atoms with Crippen LogP contribution in [0.1, 0.15) is 46.4 Å². The average molecular weight is 369 g/mol. The molecule has 0 aromatic heterocycles. The second-order valence-corrected chi connectivity index (χ2v) is 7.43. The smallest absolute Gasteiger partial charge is 0.262 e. The van der Waals surface area contributed by atoms with E-state index in [1.54, 1.807) is 29.2 Å². The highest BCUT2D eigenvalue weighted by Gasteiger charge is 2.37. The molecule has 1 saturated carbocycles. The van der Waals surface area contributed by atoms with Gasteiger partial charge < -0.3 is 9.80 Å². The van der Waals surface area contributed by atoms with Crippen LogP contribution in [-0.2, 0) is 9.59 Å². The Morgan fingerprint density at radius 3 is 2.04 bits per heavy atom. The van der Waals surface area contributed by atoms with Crippen LogP contribution < -0.4 is 0 Å². The second-order valence-electron chi connectivity index (χ2n) is 7.43. The average Bonchev–Trinajstić information content (AvgIpc) is 2.82. The zero-order valence-electron chi connectivity index (χ0n) is 15.2. The molecule has 4 rings (SSSR count). The van der Waals surface area contributed by atoms with Crippen molar-refractivity contribution in [2.45, 2.75) is 25.7 Å². The van der Waals surface area contributed by atoms with Crippen LogP contribution in [0.4, 0.5) is 0 Å². The van der Waals surface area contributed by atoms with Crippen LogP contribution in [0.3, 0.4) is 0 Å². The summed E-state index contributed by atoms with van der Waals surface area (Å²) in [5, 5.41) is 0. The van der Waals surface area contributed by atoms with E-state index in [2.05, 4.69) is 0 Å². The van der Waals surface area contributed by atoms with Crippen LogP contribution >= 0.6 is 0 Å². The first-order valence-electron chi connectivity index (χ1n) is 9.58. The zero-order chi connectivity index (χ0) is 19.0. The van der Waals surface area contributed by atoms with E-state index < -0.39 is 11.8 Å². The highest BCUT2D eigenvalue weighted by atomic mass is 16.2. The number of imide groups is 1. The van der Waals surface area contributed by atoms with Gasteiger partial charge in [0.15, 0.2) is 0 Å². The number of carbonyl (C=O) groups is 4. The fraction of sp³-hybridized carbons (Fsp3) is 0.500. The first-order chi connectivity index (χ1) is 13.1. The Morgan fingerprint density at radius 2 is 1.44 bits per heavy atom. The first-order valence-corrected chi connectivity index (χ1v) is 9.58. The summed E-state index contributed by atoms with van der Waals surface area (Å²) in [7, 11) is 0. The second kappa shape index (κ2) is 7.13. The monoisotopic (exact) mass is 369 g/mol. The van der Waals surface area contributed by atoms with E-state index in [1.165, 1.54) is 0 Å². The number of hydrogen-bond donors (Lipinski definition) is 0. The number of rotatable bonds is 3. The van der Waals surface area contributed by atoms with Crippen molar-refractivity contribution in [3.05, 3.63) is 35.4 Å². The predicted molar refractivity (Wildman–Crippen MR) is 96.9 cm³/mol. The molecule has 0 atom stereocenters. The molecule has 0 unspecified atom stereocenters. The molecule has 4 amide bonds. The lowest BCUT2D eigenvalue weighted by molar-refractivity contribution is -0.138. The SMILES string of the molecule is O=C(CN1C(=O)c2ccccc2C1=O)N1CCCN(C(=O)C2CCC2)CC1. The van der Waals surface area contributed by atoms with Crippen LogP contribution in [0.2, 0.25) is 0 Å². The summed E-state index contributed by atoms with van der Waals surface area (Å²) in [5.74, 6) is -0.718. The number of amides is 4. The Hall–Kier alpha value is -2.70. The lowest BCUT2D eigenvalue weighted by Crippen LogP contribution is -2.45. The molecular weight excluding hydrogens is 346 g/mol. The molecule has 1 saturated heterocycles. The van der Waals surface area contributed by atoms with Gasteiger partial charge in [0.2, 0.25) is 11.8 Å². The van der Waals surface area contributed by atoms with Crippen molar-refractivity contribution < 1.29 is 19.2 Å². The number of fused-ring (bicyclic) bond motifs is 1. The molecule has 0 N–H and O–H groups in total. The molecule has 7 nitrogen and oxygen atoms in total. The topological polar surface area (TPSA) is 78.0 Å². The molecule has 1 aromatic rings. The summed E-state index contributed by atoms with van der Waals surface area (Å²) < 4.78 is 0. The summed E-state index contributed by atoms with van der Waals surface area (Å²) >= 11 is 0. The van der Waals surface area contributed by atoms with E-state index in [0.717, 1.165) is 24.2 Å². The number of hydrogen-bond acceptors (Lipinski definition) is 4. The quantitative estimate of drug-likeness (QED) is 0.749. The lowest BCUT2D eigenvalue weighted by Gasteiger charge is -2.31. The summed E-state index contributed by atoms with van der Waals surface area (Å²) in [6.45, 7) is 1.91. The highest BCUT2D eigenvalue weighted by molar-refractivity contribution is 6.22. The minimum atomic E-state index is -0.416. The van der Waals surface area contributed by atoms with Gasteiger partial charge in [-0.1, -0.05) is 18.6 Å². The van der Waals surface area contributed by atoms with E-state index in [9.17, 15) is 19.2 Å². The molecule has 7 heteroatoms. The van der Waals surface area contributed by atoms with E-state index in [-0.39, 0.29) is 24.3 Å². The highest BCUT2D eigenvalue weighted by Crippen LogP contribution is 2.28. The minimum Gasteiger partial charge on any atom is -0.341 e. The van der Waals surface area contributed by atoms with Crippen molar-refractivity contribution in [1.29, 1.82) is 0 Å². The molecule has 0 bridgehead atoms. The number of benzene rings is 1. The Morgan fingerprint density at radius 1 is 0.852 bits per heavy atom. The fourth-order valence-corrected chi connectivity index (χ4v) is 3.92. The molecule has 1 aromatic carbocycles. The molecule has 2 aliphatic heterocycles. The van der Waals surface area contributed by atoms with Crippen LogP contribution in [0.25, 0.3) is 0 Å². The van der Waals surface area contributed by atoms with Gasteiger partial charge in [-0.3, -0.25) is 24.1 Å². The Bertz CT molecular complexity index is 767. The molecular formula is C20H23N3O4. The van der Waals surface area contributed by atoms with Crippen molar-refractivity contribution in [3.63, 3.8) is 0 Å². The molecule has 2 heterocycles. The van der Waals surface area contributed by atoms with E-state index in [4.69, 9.17) is 0 Å². The molecule has 0 spiro atoms. The first kappa shape index (κ1) is 17.7. The van der Waals surface area contributed by atoms with Crippen molar-refractivity contribution >= 4 is 23.6 Å². The van der Waals surface area contributed by atoms with Crippen molar-refractivity contribution in [1.82, 2.24) is 14.7 Å². The summed E-state index contributed by atoms with van der Waals surface area (Å²) in [4.78, 5) is 54.5. The van der Waals surface area contributed by atoms with Crippen molar-refractivity contribution in [3.8, 4) is 0 Å². The number of nitrogens with zero attached hydrogens (tertiary/aromatic N) is 3. The van der Waals surface area contributed by atoms with Crippen LogP contribution in [0, 0.1) is 5.92 Å². The normalized spacial score (nSPS) is 20.4. The fourth-order valence-electron chi connectivity index (χ4n) is 3.92. The molecule has 2 fully saturated rings. The summed E-state index contributed by atoms with van der Waals surface area (Å²) in [5.41, 5.74) is 0.701. The molecule has 0 radical (unpaired) electrons. The van der Waals surface area contributed by atoms with Gasteiger partial charge in [-0.2, -0.15) is 0 Å². The van der Waals surface area contributed by atoms with Gasteiger partial charge in [-0.05, 0) is 31.4 Å². The minimum absolute atomic E-state index is 0.158. The van der Waals surface area contributed by atoms with Gasteiger partial charge in [0.1, 0.15) is 6.54 Å². The van der Waals surface area contributed by atoms with Gasteiger partial charge in [-0.25, -0.2) is 0 Å². The van der Waals surface area contributed by atoms with Crippen LogP contribution in [0.15, 0.2) is 24.3 Å². The van der Waals surface area contributed by atoms with E-state index >= 15 is 0 Å². The predicted octanol–water partition coefficient (Wildman–Crippen LogP) is 1.14. The maximum Gasteiger partial charge on any atom is 0.262 e. The molecule has 142 valence electrons. The Labute approximate surface area is 157 Å². The van der Waals surface area contributed by atoms with Gasteiger partial charge in [0, 0.05) is 32.1 Å². The van der Waals surface area contributed by atoms with Crippen LogP contribution in [-0.4, -0.2) is 71.1 Å². The lowest BCUT2D eigenvalue weighted by atomic mass is 9.84. The molecule has 27 heavy (non-hydrogen) atoms. The summed E-state index contributed by atoms with van der Waals surface area (Å²) in [6.07, 6.45) is 3.77. The maximum atomic E-state index is 12.7. The third-order valence-electron chi connectivity index (χ3n) is 5.79. The Kier molecular flexibility index (Phi) is 4.68. The molecule has 3 aliphatic rings. The van der Waals surface area contributed by atoms with Crippen molar-refractivity contribution in [2.75, 3.05) is 32.7 Å². The largest absolute Gasteiger partial charge is 0.341 e. The zero-order valence-corrected chi connectivity index (χ0v) is 15.2. The summed E-state index contributed by atoms with van der Waals surface area (Å²) in [6, 6.07) is 6.63. The van der Waals surface area contributed by atoms with Gasteiger partial charge in [-0.15, -0.1) is 0 Å². The van der Waals surface area contributed by atoms with E-state index in [0.29, 0.717) is 43.7 Å². The third-order valence-corrected chi connectivity index (χ3v) is 5.79. The number of carbonyl (C=O) groups excluding carboxylic acids is 4.